The molecule has 0 atom stereocenters. The lowest BCUT2D eigenvalue weighted by atomic mass is 10.1. The number of carbonyl (C=O) groups excluding carboxylic acids is 1. The Morgan fingerprint density at radius 3 is 2.75 bits per heavy atom. The Labute approximate surface area is 93.7 Å². The van der Waals surface area contributed by atoms with Crippen LogP contribution in [-0.2, 0) is 4.79 Å². The average Bonchev–Trinajstić information content (AvgIpc) is 2.29. The van der Waals surface area contributed by atoms with Gasteiger partial charge >= 0.3 is 0 Å². The van der Waals surface area contributed by atoms with Crippen molar-refractivity contribution in [3.8, 4) is 6.07 Å². The molecule has 0 unspecified atom stereocenters. The zero-order chi connectivity index (χ0) is 12.0. The smallest absolute Gasteiger partial charge is 0.250 e. The number of hydrogen-bond donors (Lipinski definition) is 3. The summed E-state index contributed by atoms with van der Waals surface area (Å²) in [5.74, 6) is -0.537. The Morgan fingerprint density at radius 2 is 2.19 bits per heavy atom. The van der Waals surface area contributed by atoms with Gasteiger partial charge in [-0.1, -0.05) is 6.07 Å². The van der Waals surface area contributed by atoms with Crippen molar-refractivity contribution in [2.24, 2.45) is 0 Å². The fourth-order valence-electron chi connectivity index (χ4n) is 1.30. The molecule has 0 radical (unpaired) electrons. The number of benzene rings is 1. The molecule has 0 bridgehead atoms. The summed E-state index contributed by atoms with van der Waals surface area (Å²) < 4.78 is 0. The highest BCUT2D eigenvalue weighted by atomic mass is 16.3. The van der Waals surface area contributed by atoms with E-state index in [1.807, 2.05) is 13.0 Å². The molecule has 0 fully saturated rings. The lowest BCUT2D eigenvalue weighted by Gasteiger charge is -2.10. The molecule has 0 saturated heterocycles. The van der Waals surface area contributed by atoms with E-state index in [2.05, 4.69) is 10.6 Å². The summed E-state index contributed by atoms with van der Waals surface area (Å²) >= 11 is 0. The summed E-state index contributed by atoms with van der Waals surface area (Å²) in [6.45, 7) is 2.00. The van der Waals surface area contributed by atoms with Crippen LogP contribution in [0.5, 0.6) is 0 Å². The second-order valence-electron chi connectivity index (χ2n) is 3.08. The second kappa shape index (κ2) is 5.73. The van der Waals surface area contributed by atoms with Gasteiger partial charge in [-0.25, -0.2) is 0 Å². The van der Waals surface area contributed by atoms with Crippen LogP contribution in [0.3, 0.4) is 0 Å². The number of carbonyl (C=O) groups is 1. The largest absolute Gasteiger partial charge is 0.387 e. The van der Waals surface area contributed by atoms with Crippen LogP contribution in [0.2, 0.25) is 0 Å². The summed E-state index contributed by atoms with van der Waals surface area (Å²) in [6.07, 6.45) is 0. The van der Waals surface area contributed by atoms with Crippen molar-refractivity contribution < 1.29 is 9.90 Å². The second-order valence-corrected chi connectivity index (χ2v) is 3.08. The zero-order valence-corrected chi connectivity index (χ0v) is 8.95. The number of hydrogen-bond acceptors (Lipinski definition) is 4. The SMILES string of the molecule is CCNc1cccc(NC(=O)CO)c1C#N. The van der Waals surface area contributed by atoms with Gasteiger partial charge in [0.2, 0.25) is 5.91 Å². The van der Waals surface area contributed by atoms with Crippen LogP contribution >= 0.6 is 0 Å². The molecule has 0 heterocycles. The molecule has 1 aromatic rings. The van der Waals surface area contributed by atoms with Crippen molar-refractivity contribution in [3.05, 3.63) is 23.8 Å². The van der Waals surface area contributed by atoms with Crippen LogP contribution in [0.1, 0.15) is 12.5 Å². The van der Waals surface area contributed by atoms with Gasteiger partial charge in [-0.3, -0.25) is 4.79 Å². The topological polar surface area (TPSA) is 85.2 Å². The fraction of sp³-hybridized carbons (Fsp3) is 0.273. The van der Waals surface area contributed by atoms with Gasteiger partial charge in [-0.2, -0.15) is 5.26 Å². The minimum absolute atomic E-state index is 0.367. The van der Waals surface area contributed by atoms with Gasteiger partial charge in [0.25, 0.3) is 0 Å². The highest BCUT2D eigenvalue weighted by molar-refractivity contribution is 5.94. The number of aliphatic hydroxyl groups excluding tert-OH is 1. The lowest BCUT2D eigenvalue weighted by molar-refractivity contribution is -0.118. The van der Waals surface area contributed by atoms with E-state index in [1.165, 1.54) is 0 Å². The van der Waals surface area contributed by atoms with E-state index in [0.29, 0.717) is 23.5 Å². The van der Waals surface area contributed by atoms with Gasteiger partial charge in [0.1, 0.15) is 12.7 Å². The predicted octanol–water partition coefficient (Wildman–Crippen LogP) is 0.921. The van der Waals surface area contributed by atoms with Crippen LogP contribution in [0.15, 0.2) is 18.2 Å². The van der Waals surface area contributed by atoms with Crippen LogP contribution < -0.4 is 10.6 Å². The third-order valence-corrected chi connectivity index (χ3v) is 1.96. The predicted molar refractivity (Wildman–Crippen MR) is 61.0 cm³/mol. The highest BCUT2D eigenvalue weighted by Crippen LogP contribution is 2.23. The van der Waals surface area contributed by atoms with Crippen LogP contribution in [-0.4, -0.2) is 24.2 Å². The average molecular weight is 219 g/mol. The Kier molecular flexibility index (Phi) is 4.30. The summed E-state index contributed by atoms with van der Waals surface area (Å²) in [5.41, 5.74) is 1.44. The van der Waals surface area contributed by atoms with Gasteiger partial charge in [0.05, 0.1) is 16.9 Å². The number of anilines is 2. The maximum atomic E-state index is 11.0. The maximum absolute atomic E-state index is 11.0. The molecule has 16 heavy (non-hydrogen) atoms. The van der Waals surface area contributed by atoms with Gasteiger partial charge < -0.3 is 15.7 Å². The number of amides is 1. The number of rotatable bonds is 4. The third kappa shape index (κ3) is 2.72. The molecule has 0 aliphatic rings. The van der Waals surface area contributed by atoms with Gasteiger partial charge in [0, 0.05) is 6.54 Å². The molecule has 0 aliphatic heterocycles. The van der Waals surface area contributed by atoms with Crippen LogP contribution in [0.4, 0.5) is 11.4 Å². The van der Waals surface area contributed by atoms with Gasteiger partial charge in [0.15, 0.2) is 0 Å². The van der Waals surface area contributed by atoms with Crippen LogP contribution in [0.25, 0.3) is 0 Å². The van der Waals surface area contributed by atoms with Crippen molar-refractivity contribution in [3.63, 3.8) is 0 Å². The molecule has 3 N–H and O–H groups in total. The molecule has 5 heteroatoms. The summed E-state index contributed by atoms with van der Waals surface area (Å²) in [5, 5.41) is 23.1. The first-order valence-electron chi connectivity index (χ1n) is 4.90. The molecule has 84 valence electrons. The normalized spacial score (nSPS) is 9.31. The van der Waals surface area contributed by atoms with Crippen molar-refractivity contribution >= 4 is 17.3 Å². The van der Waals surface area contributed by atoms with E-state index in [1.54, 1.807) is 18.2 Å². The van der Waals surface area contributed by atoms with Crippen molar-refractivity contribution in [1.82, 2.24) is 0 Å². The Hall–Kier alpha value is -2.06. The van der Waals surface area contributed by atoms with E-state index >= 15 is 0 Å². The molecule has 1 rings (SSSR count). The van der Waals surface area contributed by atoms with E-state index < -0.39 is 12.5 Å². The monoisotopic (exact) mass is 219 g/mol. The molecule has 1 amide bonds. The molecule has 0 aromatic heterocycles. The Bertz CT molecular complexity index is 424. The molecule has 1 aromatic carbocycles. The standard InChI is InChI=1S/C11H13N3O2/c1-2-13-9-4-3-5-10(8(9)6-12)14-11(16)7-15/h3-5,13,15H,2,7H2,1H3,(H,14,16). The lowest BCUT2D eigenvalue weighted by Crippen LogP contribution is -2.16. The Morgan fingerprint density at radius 1 is 1.50 bits per heavy atom. The number of nitrogens with one attached hydrogen (secondary N) is 2. The first kappa shape index (κ1) is 12.0. The van der Waals surface area contributed by atoms with Crippen molar-refractivity contribution in [1.29, 1.82) is 5.26 Å². The summed E-state index contributed by atoms with van der Waals surface area (Å²) in [7, 11) is 0. The molecule has 5 nitrogen and oxygen atoms in total. The third-order valence-electron chi connectivity index (χ3n) is 1.96. The van der Waals surface area contributed by atoms with Gasteiger partial charge in [-0.15, -0.1) is 0 Å². The molecular weight excluding hydrogens is 206 g/mol. The highest BCUT2D eigenvalue weighted by Gasteiger charge is 2.09. The molecule has 0 spiro atoms. The van der Waals surface area contributed by atoms with E-state index in [4.69, 9.17) is 10.4 Å². The first-order valence-corrected chi connectivity index (χ1v) is 4.90. The van der Waals surface area contributed by atoms with E-state index in [-0.39, 0.29) is 0 Å². The molecule has 0 saturated carbocycles. The summed E-state index contributed by atoms with van der Waals surface area (Å²) in [4.78, 5) is 11.0. The number of nitriles is 1. The van der Waals surface area contributed by atoms with Gasteiger partial charge in [-0.05, 0) is 19.1 Å². The maximum Gasteiger partial charge on any atom is 0.250 e. The fourth-order valence-corrected chi connectivity index (χ4v) is 1.30. The van der Waals surface area contributed by atoms with Crippen LogP contribution in [0, 0.1) is 11.3 Å². The Balaban J connectivity index is 3.05. The molecule has 0 aliphatic carbocycles. The van der Waals surface area contributed by atoms with Crippen molar-refractivity contribution in [2.45, 2.75) is 6.92 Å². The van der Waals surface area contributed by atoms with E-state index in [9.17, 15) is 4.79 Å². The molecular formula is C11H13N3O2. The number of nitrogens with zero attached hydrogens (tertiary/aromatic N) is 1. The van der Waals surface area contributed by atoms with Crippen molar-refractivity contribution in [2.75, 3.05) is 23.8 Å². The van der Waals surface area contributed by atoms with E-state index in [0.717, 1.165) is 0 Å². The number of aliphatic hydroxyl groups is 1. The zero-order valence-electron chi connectivity index (χ0n) is 8.95. The summed E-state index contributed by atoms with van der Waals surface area (Å²) in [6, 6.07) is 7.13. The first-order chi connectivity index (χ1) is 7.72. The quantitative estimate of drug-likeness (QED) is 0.703. The minimum Gasteiger partial charge on any atom is -0.387 e. The minimum atomic E-state index is -0.601.